The number of hydrogen-bond acceptors (Lipinski definition) is 3. The van der Waals surface area contributed by atoms with E-state index in [1.807, 2.05) is 6.07 Å². The molecule has 0 spiro atoms. The lowest BCUT2D eigenvalue weighted by Gasteiger charge is -2.14. The Labute approximate surface area is 95.8 Å². The third-order valence-electron chi connectivity index (χ3n) is 2.24. The summed E-state index contributed by atoms with van der Waals surface area (Å²) in [5.41, 5.74) is 0.858. The second kappa shape index (κ2) is 6.62. The van der Waals surface area contributed by atoms with Crippen LogP contribution in [0.3, 0.4) is 0 Å². The summed E-state index contributed by atoms with van der Waals surface area (Å²) in [7, 11) is 0. The van der Waals surface area contributed by atoms with Crippen molar-refractivity contribution in [2.45, 2.75) is 25.7 Å². The first kappa shape index (κ1) is 12.3. The van der Waals surface area contributed by atoms with Crippen molar-refractivity contribution in [3.8, 4) is 12.3 Å². The van der Waals surface area contributed by atoms with E-state index in [1.54, 1.807) is 25.4 Å². The number of carbonyl (C=O) groups excluding carboxylic acids is 1. The summed E-state index contributed by atoms with van der Waals surface area (Å²) in [6.07, 6.45) is 9.72. The van der Waals surface area contributed by atoms with Gasteiger partial charge in [0.2, 0.25) is 0 Å². The minimum absolute atomic E-state index is 0.231. The summed E-state index contributed by atoms with van der Waals surface area (Å²) in [5.74, 6) is 2.00. The number of ether oxygens (including phenoxy) is 1. The number of aromatic nitrogens is 1. The van der Waals surface area contributed by atoms with Crippen molar-refractivity contribution in [3.63, 3.8) is 0 Å². The van der Waals surface area contributed by atoms with E-state index in [1.165, 1.54) is 0 Å². The number of esters is 1. The predicted octanol–water partition coefficient (Wildman–Crippen LogP) is 2.14. The molecule has 0 aliphatic rings. The quantitative estimate of drug-likeness (QED) is 0.560. The number of hydrogen-bond donors (Lipinski definition) is 0. The van der Waals surface area contributed by atoms with Gasteiger partial charge in [0.15, 0.2) is 0 Å². The van der Waals surface area contributed by atoms with Crippen LogP contribution in [0.1, 0.15) is 31.2 Å². The highest BCUT2D eigenvalue weighted by Crippen LogP contribution is 2.21. The van der Waals surface area contributed by atoms with Crippen LogP contribution in [-0.4, -0.2) is 17.6 Å². The molecule has 1 heterocycles. The third kappa shape index (κ3) is 3.39. The first-order valence-electron chi connectivity index (χ1n) is 5.29. The monoisotopic (exact) mass is 217 g/mol. The van der Waals surface area contributed by atoms with Crippen LogP contribution in [0.15, 0.2) is 24.5 Å². The van der Waals surface area contributed by atoms with Crippen LogP contribution in [0.2, 0.25) is 0 Å². The van der Waals surface area contributed by atoms with Crippen LogP contribution in [0.25, 0.3) is 0 Å². The normalized spacial score (nSPS) is 11.5. The fourth-order valence-corrected chi connectivity index (χ4v) is 1.47. The SMILES string of the molecule is C#CCC[C@@H](C(=O)OCC)c1cccnc1. The molecule has 0 saturated carbocycles. The maximum Gasteiger partial charge on any atom is 0.313 e. The molecule has 16 heavy (non-hydrogen) atoms. The minimum Gasteiger partial charge on any atom is -0.466 e. The standard InChI is InChI=1S/C13H15NO2/c1-3-5-8-12(13(15)16-4-2)11-7-6-9-14-10-11/h1,6-7,9-10,12H,4-5,8H2,2H3/t12-/m1/s1. The summed E-state index contributed by atoms with van der Waals surface area (Å²) >= 11 is 0. The van der Waals surface area contributed by atoms with Gasteiger partial charge < -0.3 is 4.74 Å². The highest BCUT2D eigenvalue weighted by Gasteiger charge is 2.21. The number of pyridine rings is 1. The Balaban J connectivity index is 2.79. The molecule has 0 bridgehead atoms. The van der Waals surface area contributed by atoms with Crippen LogP contribution in [-0.2, 0) is 9.53 Å². The van der Waals surface area contributed by atoms with Gasteiger partial charge in [0.25, 0.3) is 0 Å². The molecule has 1 rings (SSSR count). The second-order valence-corrected chi connectivity index (χ2v) is 3.33. The number of terminal acetylenes is 1. The Bertz CT molecular complexity index is 367. The first-order valence-corrected chi connectivity index (χ1v) is 5.29. The van der Waals surface area contributed by atoms with Crippen molar-refractivity contribution < 1.29 is 9.53 Å². The third-order valence-corrected chi connectivity index (χ3v) is 2.24. The Morgan fingerprint density at radius 3 is 3.06 bits per heavy atom. The van der Waals surface area contributed by atoms with Crippen molar-refractivity contribution in [1.82, 2.24) is 4.98 Å². The topological polar surface area (TPSA) is 39.2 Å². The molecular weight excluding hydrogens is 202 g/mol. The van der Waals surface area contributed by atoms with Gasteiger partial charge in [0, 0.05) is 18.8 Å². The molecule has 84 valence electrons. The second-order valence-electron chi connectivity index (χ2n) is 3.33. The molecule has 0 aromatic carbocycles. The van der Waals surface area contributed by atoms with Crippen molar-refractivity contribution in [1.29, 1.82) is 0 Å². The van der Waals surface area contributed by atoms with Gasteiger partial charge in [-0.2, -0.15) is 0 Å². The smallest absolute Gasteiger partial charge is 0.313 e. The van der Waals surface area contributed by atoms with E-state index in [-0.39, 0.29) is 11.9 Å². The van der Waals surface area contributed by atoms with E-state index in [0.29, 0.717) is 19.4 Å². The molecule has 0 unspecified atom stereocenters. The van der Waals surface area contributed by atoms with Crippen LogP contribution < -0.4 is 0 Å². The Morgan fingerprint density at radius 2 is 2.50 bits per heavy atom. The average Bonchev–Trinajstić information content (AvgIpc) is 2.31. The zero-order valence-electron chi connectivity index (χ0n) is 9.35. The van der Waals surface area contributed by atoms with Crippen molar-refractivity contribution >= 4 is 5.97 Å². The van der Waals surface area contributed by atoms with E-state index in [2.05, 4.69) is 10.9 Å². The van der Waals surface area contributed by atoms with E-state index < -0.39 is 0 Å². The molecular formula is C13H15NO2. The van der Waals surface area contributed by atoms with E-state index in [9.17, 15) is 4.79 Å². The largest absolute Gasteiger partial charge is 0.466 e. The maximum atomic E-state index is 11.7. The molecule has 0 aliphatic heterocycles. The molecule has 0 fully saturated rings. The summed E-state index contributed by atoms with van der Waals surface area (Å²) in [6.45, 7) is 2.17. The van der Waals surface area contributed by atoms with Gasteiger partial charge in [-0.25, -0.2) is 0 Å². The average molecular weight is 217 g/mol. The molecule has 3 heteroatoms. The lowest BCUT2D eigenvalue weighted by molar-refractivity contribution is -0.145. The van der Waals surface area contributed by atoms with Gasteiger partial charge >= 0.3 is 5.97 Å². The summed E-state index contributed by atoms with van der Waals surface area (Å²) in [6, 6.07) is 3.67. The lowest BCUT2D eigenvalue weighted by Crippen LogP contribution is -2.16. The zero-order chi connectivity index (χ0) is 11.8. The van der Waals surface area contributed by atoms with Gasteiger partial charge in [0.05, 0.1) is 12.5 Å². The molecule has 1 aromatic heterocycles. The van der Waals surface area contributed by atoms with Crippen LogP contribution >= 0.6 is 0 Å². The number of nitrogens with zero attached hydrogens (tertiary/aromatic N) is 1. The lowest BCUT2D eigenvalue weighted by atomic mass is 9.96. The molecule has 1 aromatic rings. The number of carbonyl (C=O) groups is 1. The fourth-order valence-electron chi connectivity index (χ4n) is 1.47. The van der Waals surface area contributed by atoms with E-state index in [4.69, 9.17) is 11.2 Å². The van der Waals surface area contributed by atoms with Gasteiger partial charge in [-0.05, 0) is 25.0 Å². The van der Waals surface area contributed by atoms with Crippen LogP contribution in [0, 0.1) is 12.3 Å². The Kier molecular flexibility index (Phi) is 5.07. The van der Waals surface area contributed by atoms with Crippen molar-refractivity contribution in [2.24, 2.45) is 0 Å². The maximum absolute atomic E-state index is 11.7. The van der Waals surface area contributed by atoms with E-state index in [0.717, 1.165) is 5.56 Å². The Morgan fingerprint density at radius 1 is 1.69 bits per heavy atom. The van der Waals surface area contributed by atoms with Crippen LogP contribution in [0.5, 0.6) is 0 Å². The van der Waals surface area contributed by atoms with Gasteiger partial charge in [-0.1, -0.05) is 6.07 Å². The van der Waals surface area contributed by atoms with Gasteiger partial charge in [-0.3, -0.25) is 9.78 Å². The fraction of sp³-hybridized carbons (Fsp3) is 0.385. The van der Waals surface area contributed by atoms with E-state index >= 15 is 0 Å². The van der Waals surface area contributed by atoms with Gasteiger partial charge in [0.1, 0.15) is 0 Å². The predicted molar refractivity (Wildman–Crippen MR) is 61.7 cm³/mol. The first-order chi connectivity index (χ1) is 7.79. The zero-order valence-corrected chi connectivity index (χ0v) is 9.35. The van der Waals surface area contributed by atoms with Crippen molar-refractivity contribution in [3.05, 3.63) is 30.1 Å². The van der Waals surface area contributed by atoms with Crippen LogP contribution in [0.4, 0.5) is 0 Å². The summed E-state index contributed by atoms with van der Waals surface area (Å²) in [4.78, 5) is 15.7. The van der Waals surface area contributed by atoms with Crippen molar-refractivity contribution in [2.75, 3.05) is 6.61 Å². The molecule has 0 saturated heterocycles. The summed E-state index contributed by atoms with van der Waals surface area (Å²) < 4.78 is 5.02. The molecule has 0 radical (unpaired) electrons. The minimum atomic E-state index is -0.301. The highest BCUT2D eigenvalue weighted by atomic mass is 16.5. The molecule has 0 N–H and O–H groups in total. The summed E-state index contributed by atoms with van der Waals surface area (Å²) in [5, 5.41) is 0. The number of rotatable bonds is 5. The van der Waals surface area contributed by atoms with Gasteiger partial charge in [-0.15, -0.1) is 12.3 Å². The molecule has 3 nitrogen and oxygen atoms in total. The molecule has 0 aliphatic carbocycles. The molecule has 0 amide bonds. The Hall–Kier alpha value is -1.82. The highest BCUT2D eigenvalue weighted by molar-refractivity contribution is 5.78. The molecule has 1 atom stereocenters.